The third kappa shape index (κ3) is 2.65. The van der Waals surface area contributed by atoms with Gasteiger partial charge in [-0.1, -0.05) is 22.9 Å². The molecular weight excluding hydrogens is 300 g/mol. The highest BCUT2D eigenvalue weighted by atomic mass is 79.9. The van der Waals surface area contributed by atoms with Crippen molar-refractivity contribution >= 4 is 31.7 Å². The van der Waals surface area contributed by atoms with E-state index in [1.54, 1.807) is 6.92 Å². The Morgan fingerprint density at radius 3 is 2.50 bits per heavy atom. The molecule has 1 rings (SSSR count). The van der Waals surface area contributed by atoms with Gasteiger partial charge < -0.3 is 9.52 Å². The standard InChI is InChI=1S/C9H11BrO5S/c1-3-5-4-6(8(10)16(2,13)14)15-7(5)9(11)12/h4,8H,3H2,1-2H3,(H,11,12). The van der Waals surface area contributed by atoms with Gasteiger partial charge in [0.2, 0.25) is 5.76 Å². The molecule has 1 unspecified atom stereocenters. The molecule has 0 fully saturated rings. The first-order valence-electron chi connectivity index (χ1n) is 4.46. The van der Waals surface area contributed by atoms with Crippen LogP contribution < -0.4 is 0 Å². The number of hydrogen-bond acceptors (Lipinski definition) is 4. The molecule has 1 atom stereocenters. The lowest BCUT2D eigenvalue weighted by Crippen LogP contribution is -2.03. The van der Waals surface area contributed by atoms with Crippen molar-refractivity contribution < 1.29 is 22.7 Å². The van der Waals surface area contributed by atoms with Crippen LogP contribution in [-0.4, -0.2) is 25.7 Å². The lowest BCUT2D eigenvalue weighted by Gasteiger charge is -2.02. The number of sulfone groups is 1. The predicted molar refractivity (Wildman–Crippen MR) is 61.6 cm³/mol. The summed E-state index contributed by atoms with van der Waals surface area (Å²) in [6, 6.07) is 1.45. The summed E-state index contributed by atoms with van der Waals surface area (Å²) in [5.74, 6) is -1.31. The Morgan fingerprint density at radius 2 is 2.19 bits per heavy atom. The van der Waals surface area contributed by atoms with Gasteiger partial charge in [0.1, 0.15) is 5.76 Å². The maximum Gasteiger partial charge on any atom is 0.372 e. The molecule has 16 heavy (non-hydrogen) atoms. The highest BCUT2D eigenvalue weighted by Crippen LogP contribution is 2.31. The second-order valence-corrected chi connectivity index (χ2v) is 6.96. The van der Waals surface area contributed by atoms with E-state index in [4.69, 9.17) is 9.52 Å². The third-order valence-electron chi connectivity index (χ3n) is 2.00. The zero-order valence-corrected chi connectivity index (χ0v) is 11.1. The number of aromatic carboxylic acids is 1. The van der Waals surface area contributed by atoms with Gasteiger partial charge in [-0.2, -0.15) is 0 Å². The number of carbonyl (C=O) groups is 1. The minimum atomic E-state index is -3.36. The van der Waals surface area contributed by atoms with E-state index in [0.717, 1.165) is 6.26 Å². The van der Waals surface area contributed by atoms with Crippen molar-refractivity contribution in [3.8, 4) is 0 Å². The molecule has 1 N–H and O–H groups in total. The van der Waals surface area contributed by atoms with E-state index < -0.39 is 20.0 Å². The van der Waals surface area contributed by atoms with Gasteiger partial charge in [0.15, 0.2) is 14.0 Å². The van der Waals surface area contributed by atoms with Gasteiger partial charge in [-0.3, -0.25) is 0 Å². The number of hydrogen-bond donors (Lipinski definition) is 1. The fourth-order valence-electron chi connectivity index (χ4n) is 1.22. The second-order valence-electron chi connectivity index (χ2n) is 3.31. The van der Waals surface area contributed by atoms with Gasteiger partial charge in [0, 0.05) is 11.8 Å². The van der Waals surface area contributed by atoms with Crippen LogP contribution in [0.3, 0.4) is 0 Å². The summed E-state index contributed by atoms with van der Waals surface area (Å²) in [6.45, 7) is 1.77. The van der Waals surface area contributed by atoms with E-state index in [1.165, 1.54) is 6.07 Å². The van der Waals surface area contributed by atoms with E-state index >= 15 is 0 Å². The van der Waals surface area contributed by atoms with Crippen molar-refractivity contribution in [2.24, 2.45) is 0 Å². The van der Waals surface area contributed by atoms with Gasteiger partial charge >= 0.3 is 5.97 Å². The highest BCUT2D eigenvalue weighted by molar-refractivity contribution is 9.10. The number of rotatable bonds is 4. The quantitative estimate of drug-likeness (QED) is 0.859. The average Bonchev–Trinajstić information content (AvgIpc) is 2.58. The maximum atomic E-state index is 11.3. The largest absolute Gasteiger partial charge is 0.475 e. The van der Waals surface area contributed by atoms with Crippen LogP contribution in [0.2, 0.25) is 0 Å². The molecule has 1 heterocycles. The Bertz CT molecular complexity index is 502. The molecular formula is C9H11BrO5S. The molecule has 1 aromatic rings. The van der Waals surface area contributed by atoms with Crippen molar-refractivity contribution in [1.29, 1.82) is 0 Å². The minimum absolute atomic E-state index is 0.0942. The van der Waals surface area contributed by atoms with E-state index in [-0.39, 0.29) is 11.5 Å². The molecule has 0 aromatic carbocycles. The summed E-state index contributed by atoms with van der Waals surface area (Å²) in [7, 11) is -3.36. The highest BCUT2D eigenvalue weighted by Gasteiger charge is 2.26. The number of carboxylic acid groups (broad SMARTS) is 1. The molecule has 0 spiro atoms. The molecule has 0 amide bonds. The first kappa shape index (κ1) is 13.2. The van der Waals surface area contributed by atoms with E-state index in [9.17, 15) is 13.2 Å². The van der Waals surface area contributed by atoms with Crippen LogP contribution in [0.15, 0.2) is 10.5 Å². The maximum absolute atomic E-state index is 11.3. The Morgan fingerprint density at radius 1 is 1.62 bits per heavy atom. The molecule has 0 aliphatic heterocycles. The molecule has 0 aliphatic carbocycles. The second kappa shape index (κ2) is 4.58. The lowest BCUT2D eigenvalue weighted by molar-refractivity contribution is 0.0659. The first-order chi connectivity index (χ1) is 7.27. The smallest absolute Gasteiger partial charge is 0.372 e. The van der Waals surface area contributed by atoms with E-state index in [2.05, 4.69) is 15.9 Å². The minimum Gasteiger partial charge on any atom is -0.475 e. The van der Waals surface area contributed by atoms with E-state index in [1.807, 2.05) is 0 Å². The van der Waals surface area contributed by atoms with Crippen molar-refractivity contribution in [1.82, 2.24) is 0 Å². The molecule has 0 saturated heterocycles. The summed E-state index contributed by atoms with van der Waals surface area (Å²) in [4.78, 5) is 10.8. The van der Waals surface area contributed by atoms with Crippen molar-refractivity contribution in [2.45, 2.75) is 17.5 Å². The number of furan rings is 1. The Kier molecular flexibility index (Phi) is 3.80. The Balaban J connectivity index is 3.23. The van der Waals surface area contributed by atoms with Crippen LogP contribution in [0.5, 0.6) is 0 Å². The van der Waals surface area contributed by atoms with Crippen LogP contribution in [-0.2, 0) is 16.3 Å². The van der Waals surface area contributed by atoms with Gasteiger partial charge in [0.25, 0.3) is 0 Å². The molecule has 0 aliphatic rings. The Labute approximate surface area is 101 Å². The normalized spacial score (nSPS) is 13.7. The topological polar surface area (TPSA) is 84.6 Å². The molecule has 0 bridgehead atoms. The van der Waals surface area contributed by atoms with Crippen LogP contribution >= 0.6 is 15.9 Å². The first-order valence-corrected chi connectivity index (χ1v) is 7.33. The fraction of sp³-hybridized carbons (Fsp3) is 0.444. The average molecular weight is 311 g/mol. The van der Waals surface area contributed by atoms with Crippen molar-refractivity contribution in [3.05, 3.63) is 23.2 Å². The third-order valence-corrected chi connectivity index (χ3v) is 5.48. The molecule has 7 heteroatoms. The van der Waals surface area contributed by atoms with Gasteiger partial charge in [0.05, 0.1) is 0 Å². The zero-order chi connectivity index (χ0) is 12.5. The number of aryl methyl sites for hydroxylation is 1. The summed E-state index contributed by atoms with van der Waals surface area (Å²) in [5, 5.41) is 8.84. The summed E-state index contributed by atoms with van der Waals surface area (Å²) < 4.78 is 26.5. The molecule has 0 radical (unpaired) electrons. The van der Waals surface area contributed by atoms with Crippen LogP contribution in [0.4, 0.5) is 0 Å². The monoisotopic (exact) mass is 310 g/mol. The molecule has 0 saturated carbocycles. The number of alkyl halides is 1. The summed E-state index contributed by atoms with van der Waals surface area (Å²) in [6.07, 6.45) is 1.51. The predicted octanol–water partition coefficient (Wildman–Crippen LogP) is 1.98. The van der Waals surface area contributed by atoms with Crippen LogP contribution in [0.25, 0.3) is 0 Å². The van der Waals surface area contributed by atoms with Crippen LogP contribution in [0, 0.1) is 0 Å². The number of carboxylic acids is 1. The van der Waals surface area contributed by atoms with Crippen LogP contribution in [0.1, 0.15) is 33.0 Å². The SMILES string of the molecule is CCc1cc(C(Br)S(C)(=O)=O)oc1C(=O)O. The van der Waals surface area contributed by atoms with Gasteiger partial charge in [-0.25, -0.2) is 13.2 Å². The van der Waals surface area contributed by atoms with E-state index in [0.29, 0.717) is 12.0 Å². The zero-order valence-electron chi connectivity index (χ0n) is 8.73. The van der Waals surface area contributed by atoms with Gasteiger partial charge in [-0.15, -0.1) is 0 Å². The summed E-state index contributed by atoms with van der Waals surface area (Å²) >= 11 is 2.96. The molecule has 1 aromatic heterocycles. The molecule has 90 valence electrons. The fourth-order valence-corrected chi connectivity index (χ4v) is 1.98. The number of halogens is 1. The molecule has 5 nitrogen and oxygen atoms in total. The van der Waals surface area contributed by atoms with Gasteiger partial charge in [-0.05, 0) is 12.5 Å². The van der Waals surface area contributed by atoms with Crippen molar-refractivity contribution in [2.75, 3.05) is 6.26 Å². The summed E-state index contributed by atoms with van der Waals surface area (Å²) in [5.41, 5.74) is 0.482. The lowest BCUT2D eigenvalue weighted by atomic mass is 10.2. The Hall–Kier alpha value is -0.820. The van der Waals surface area contributed by atoms with Crippen molar-refractivity contribution in [3.63, 3.8) is 0 Å².